The van der Waals surface area contributed by atoms with Crippen LogP contribution in [0.5, 0.6) is 0 Å². The highest BCUT2D eigenvalue weighted by molar-refractivity contribution is 5.98. The summed E-state index contributed by atoms with van der Waals surface area (Å²) in [4.78, 5) is 58.2. The SMILES string of the molecule is C=CCCC(=O)NC[C@H](C)OC(=O)[C@@H]1[C@H]2C(=O)N([C@@H](CO)Cc3ccccc3)[C@H](C(=O)N(CC=C)C(C)CCC)[C@]23CC[C@H]1O3. The zero-order valence-corrected chi connectivity index (χ0v) is 26.9. The molecule has 8 atom stereocenters. The van der Waals surface area contributed by atoms with Gasteiger partial charge in [0.15, 0.2) is 0 Å². The Labute approximate surface area is 266 Å². The third-order valence-electron chi connectivity index (χ3n) is 9.49. The number of carbonyl (C=O) groups is 4. The molecule has 3 saturated heterocycles. The molecule has 4 rings (SSSR count). The first kappa shape index (κ1) is 34.4. The highest BCUT2D eigenvalue weighted by atomic mass is 16.6. The zero-order valence-electron chi connectivity index (χ0n) is 26.9. The van der Waals surface area contributed by atoms with Crippen molar-refractivity contribution in [2.45, 2.75) is 102 Å². The van der Waals surface area contributed by atoms with Crippen molar-refractivity contribution in [2.24, 2.45) is 11.8 Å². The number of nitrogens with zero attached hydrogens (tertiary/aromatic N) is 2. The molecule has 10 heteroatoms. The van der Waals surface area contributed by atoms with Gasteiger partial charge in [-0.3, -0.25) is 19.2 Å². The molecule has 3 amide bonds. The summed E-state index contributed by atoms with van der Waals surface area (Å²) >= 11 is 0. The number of amides is 3. The summed E-state index contributed by atoms with van der Waals surface area (Å²) in [5, 5.41) is 13.4. The lowest BCUT2D eigenvalue weighted by molar-refractivity contribution is -0.160. The summed E-state index contributed by atoms with van der Waals surface area (Å²) in [5.74, 6) is -3.21. The molecule has 3 fully saturated rings. The lowest BCUT2D eigenvalue weighted by Gasteiger charge is -2.41. The Morgan fingerprint density at radius 3 is 2.60 bits per heavy atom. The van der Waals surface area contributed by atoms with Gasteiger partial charge in [0.2, 0.25) is 17.7 Å². The van der Waals surface area contributed by atoms with E-state index < -0.39 is 47.7 Å². The molecule has 0 aromatic heterocycles. The Morgan fingerprint density at radius 1 is 1.22 bits per heavy atom. The Bertz CT molecular complexity index is 1240. The molecule has 3 aliphatic rings. The fourth-order valence-electron chi connectivity index (χ4n) is 7.42. The minimum Gasteiger partial charge on any atom is -0.460 e. The van der Waals surface area contributed by atoms with Crippen LogP contribution >= 0.6 is 0 Å². The fraction of sp³-hybridized carbons (Fsp3) is 0.600. The van der Waals surface area contributed by atoms with Crippen molar-refractivity contribution in [3.8, 4) is 0 Å². The van der Waals surface area contributed by atoms with Crippen LogP contribution in [0.4, 0.5) is 0 Å². The van der Waals surface area contributed by atoms with Crippen LogP contribution in [0.3, 0.4) is 0 Å². The van der Waals surface area contributed by atoms with E-state index in [0.717, 1.165) is 18.4 Å². The monoisotopic (exact) mass is 623 g/mol. The van der Waals surface area contributed by atoms with E-state index in [2.05, 4.69) is 25.4 Å². The van der Waals surface area contributed by atoms with Gasteiger partial charge in [0.1, 0.15) is 17.7 Å². The van der Waals surface area contributed by atoms with Crippen LogP contribution in [0, 0.1) is 11.8 Å². The molecule has 2 N–H and O–H groups in total. The molecule has 45 heavy (non-hydrogen) atoms. The molecule has 3 heterocycles. The number of aliphatic hydroxyl groups excluding tert-OH is 1. The minimum atomic E-state index is -1.22. The third kappa shape index (κ3) is 7.02. The standard InChI is InChI=1S/C35H49N3O7/c1-6-9-16-28(40)36-21-24(5)44-34(43)29-27-17-18-35(45-27)30(29)32(41)38(26(22-39)20-25-14-11-10-12-15-25)31(35)33(42)37(19-8-3)23(4)13-7-2/h6,8,10-12,14-15,23-24,26-27,29-31,39H,1,3,7,9,13,16-22H2,2,4-5H3,(H,36,40)/t23?,24-,26+,27+,29-,30-,31+,35-/m0/s1. The van der Waals surface area contributed by atoms with E-state index in [-0.39, 0.29) is 36.9 Å². The van der Waals surface area contributed by atoms with E-state index in [1.54, 1.807) is 24.0 Å². The molecule has 246 valence electrons. The molecule has 1 unspecified atom stereocenters. The van der Waals surface area contributed by atoms with E-state index in [4.69, 9.17) is 9.47 Å². The average Bonchev–Trinajstić information content (AvgIpc) is 3.68. The maximum absolute atomic E-state index is 14.6. The average molecular weight is 624 g/mol. The number of likely N-dealkylation sites (tertiary alicyclic amines) is 1. The predicted octanol–water partition coefficient (Wildman–Crippen LogP) is 3.18. The Hall–Kier alpha value is -3.50. The maximum Gasteiger partial charge on any atom is 0.312 e. The summed E-state index contributed by atoms with van der Waals surface area (Å²) in [6.07, 6.45) is 5.89. The molecule has 0 saturated carbocycles. The van der Waals surface area contributed by atoms with Crippen LogP contribution in [0.25, 0.3) is 0 Å². The van der Waals surface area contributed by atoms with Crippen LogP contribution in [-0.2, 0) is 35.1 Å². The number of hydrogen-bond acceptors (Lipinski definition) is 7. The summed E-state index contributed by atoms with van der Waals surface area (Å²) in [6, 6.07) is 7.69. The Morgan fingerprint density at radius 2 is 1.96 bits per heavy atom. The lowest BCUT2D eigenvalue weighted by Crippen LogP contribution is -2.60. The predicted molar refractivity (Wildman–Crippen MR) is 170 cm³/mol. The Balaban J connectivity index is 1.66. The van der Waals surface area contributed by atoms with E-state index >= 15 is 0 Å². The summed E-state index contributed by atoms with van der Waals surface area (Å²) < 4.78 is 12.4. The van der Waals surface area contributed by atoms with Gasteiger partial charge >= 0.3 is 5.97 Å². The number of allylic oxidation sites excluding steroid dienone is 1. The number of esters is 1. The number of rotatable bonds is 17. The van der Waals surface area contributed by atoms with Crippen LogP contribution in [-0.4, -0.2) is 94.2 Å². The number of nitrogens with one attached hydrogen (secondary N) is 1. The van der Waals surface area contributed by atoms with E-state index in [0.29, 0.717) is 38.6 Å². The van der Waals surface area contributed by atoms with Crippen molar-refractivity contribution >= 4 is 23.7 Å². The molecule has 10 nitrogen and oxygen atoms in total. The number of aliphatic hydroxyl groups is 1. The Kier molecular flexibility index (Phi) is 11.6. The van der Waals surface area contributed by atoms with Crippen molar-refractivity contribution in [3.63, 3.8) is 0 Å². The first-order valence-electron chi connectivity index (χ1n) is 16.3. The van der Waals surface area contributed by atoms with Gasteiger partial charge in [-0.25, -0.2) is 0 Å². The molecule has 1 aromatic carbocycles. The van der Waals surface area contributed by atoms with Crippen molar-refractivity contribution in [2.75, 3.05) is 19.7 Å². The van der Waals surface area contributed by atoms with Gasteiger partial charge in [-0.1, -0.05) is 55.8 Å². The molecule has 1 aromatic rings. The minimum absolute atomic E-state index is 0.114. The van der Waals surface area contributed by atoms with E-state index in [1.165, 1.54) is 4.90 Å². The quantitative estimate of drug-likeness (QED) is 0.202. The fourth-order valence-corrected chi connectivity index (χ4v) is 7.42. The van der Waals surface area contributed by atoms with Crippen LogP contribution in [0.1, 0.15) is 64.9 Å². The van der Waals surface area contributed by atoms with Gasteiger partial charge in [-0.05, 0) is 51.5 Å². The van der Waals surface area contributed by atoms with Crippen molar-refractivity contribution in [3.05, 3.63) is 61.2 Å². The second-order valence-corrected chi connectivity index (χ2v) is 12.6. The number of carbonyl (C=O) groups excluding carboxylic acids is 4. The van der Waals surface area contributed by atoms with Gasteiger partial charge in [0, 0.05) is 19.0 Å². The molecular weight excluding hydrogens is 574 g/mol. The van der Waals surface area contributed by atoms with Gasteiger partial charge in [-0.2, -0.15) is 0 Å². The van der Waals surface area contributed by atoms with E-state index in [9.17, 15) is 24.3 Å². The van der Waals surface area contributed by atoms with Gasteiger partial charge in [0.25, 0.3) is 0 Å². The molecular formula is C35H49N3O7. The summed E-state index contributed by atoms with van der Waals surface area (Å²) in [6.45, 7) is 13.3. The van der Waals surface area contributed by atoms with Crippen molar-refractivity contribution in [1.82, 2.24) is 15.1 Å². The third-order valence-corrected chi connectivity index (χ3v) is 9.49. The highest BCUT2D eigenvalue weighted by Crippen LogP contribution is 2.59. The largest absolute Gasteiger partial charge is 0.460 e. The second-order valence-electron chi connectivity index (χ2n) is 12.6. The molecule has 3 aliphatic heterocycles. The number of hydrogen-bond donors (Lipinski definition) is 2. The van der Waals surface area contributed by atoms with Crippen LogP contribution < -0.4 is 5.32 Å². The summed E-state index contributed by atoms with van der Waals surface area (Å²) in [7, 11) is 0. The molecule has 0 aliphatic carbocycles. The maximum atomic E-state index is 14.6. The first-order chi connectivity index (χ1) is 21.6. The normalized spacial score (nSPS) is 26.9. The van der Waals surface area contributed by atoms with Crippen molar-refractivity contribution in [1.29, 1.82) is 0 Å². The number of ether oxygens (including phenoxy) is 2. The van der Waals surface area contributed by atoms with Gasteiger partial charge in [0.05, 0.1) is 37.1 Å². The van der Waals surface area contributed by atoms with Gasteiger partial charge in [-0.15, -0.1) is 13.2 Å². The zero-order chi connectivity index (χ0) is 32.7. The van der Waals surface area contributed by atoms with Gasteiger partial charge < -0.3 is 29.7 Å². The molecule has 1 spiro atoms. The summed E-state index contributed by atoms with van der Waals surface area (Å²) in [5.41, 5.74) is -0.308. The smallest absolute Gasteiger partial charge is 0.312 e. The topological polar surface area (TPSA) is 125 Å². The van der Waals surface area contributed by atoms with Crippen LogP contribution in [0.2, 0.25) is 0 Å². The first-order valence-corrected chi connectivity index (χ1v) is 16.3. The molecule has 2 bridgehead atoms. The lowest BCUT2D eigenvalue weighted by atomic mass is 9.70. The number of benzene rings is 1. The molecule has 0 radical (unpaired) electrons. The van der Waals surface area contributed by atoms with Crippen LogP contribution in [0.15, 0.2) is 55.6 Å². The highest BCUT2D eigenvalue weighted by Gasteiger charge is 2.75. The van der Waals surface area contributed by atoms with Crippen molar-refractivity contribution < 1.29 is 33.8 Å². The second kappa shape index (κ2) is 15.2. The van der Waals surface area contributed by atoms with E-state index in [1.807, 2.05) is 37.3 Å². The number of fused-ring (bicyclic) bond motifs is 1.